The molecule has 0 saturated carbocycles. The van der Waals surface area contributed by atoms with E-state index in [0.717, 1.165) is 26.9 Å². The van der Waals surface area contributed by atoms with Gasteiger partial charge in [0, 0.05) is 42.3 Å². The molecular formula is C24H26N4O3S2. The fourth-order valence-corrected chi connectivity index (χ4v) is 5.44. The van der Waals surface area contributed by atoms with Crippen molar-refractivity contribution in [3.05, 3.63) is 64.2 Å². The number of methoxy groups -OCH3 is 1. The van der Waals surface area contributed by atoms with Crippen LogP contribution in [-0.2, 0) is 9.53 Å². The number of amides is 2. The quantitative estimate of drug-likeness (QED) is 0.371. The minimum Gasteiger partial charge on any atom is -0.384 e. The number of aryl methyl sites for hydroxylation is 2. The predicted molar refractivity (Wildman–Crippen MR) is 133 cm³/mol. The van der Waals surface area contributed by atoms with E-state index in [2.05, 4.69) is 22.4 Å². The molecule has 0 unspecified atom stereocenters. The van der Waals surface area contributed by atoms with Gasteiger partial charge in [0.15, 0.2) is 0 Å². The molecule has 7 nitrogen and oxygen atoms in total. The van der Waals surface area contributed by atoms with Gasteiger partial charge in [0.05, 0.1) is 12.2 Å². The molecule has 4 rings (SSSR count). The summed E-state index contributed by atoms with van der Waals surface area (Å²) in [5.74, 6) is 0.568. The molecule has 2 heterocycles. The SMILES string of the molecule is COCCSc1ccccc1C(=O)Nc1nnc([C@H]2CC(=O)N(c3ccc(C)c(C)c3)C2)s1. The van der Waals surface area contributed by atoms with Gasteiger partial charge in [-0.25, -0.2) is 0 Å². The largest absolute Gasteiger partial charge is 0.384 e. The minimum absolute atomic E-state index is 0.0425. The summed E-state index contributed by atoms with van der Waals surface area (Å²) >= 11 is 2.90. The van der Waals surface area contributed by atoms with Gasteiger partial charge in [-0.1, -0.05) is 29.5 Å². The average Bonchev–Trinajstić information content (AvgIpc) is 3.42. The molecule has 172 valence electrons. The summed E-state index contributed by atoms with van der Waals surface area (Å²) in [4.78, 5) is 28.2. The Morgan fingerprint density at radius 2 is 2.03 bits per heavy atom. The van der Waals surface area contributed by atoms with Crippen molar-refractivity contribution in [2.45, 2.75) is 31.1 Å². The Bertz CT molecular complexity index is 1160. The van der Waals surface area contributed by atoms with Crippen molar-refractivity contribution in [1.82, 2.24) is 10.2 Å². The van der Waals surface area contributed by atoms with Crippen molar-refractivity contribution in [1.29, 1.82) is 0 Å². The van der Waals surface area contributed by atoms with Crippen molar-refractivity contribution < 1.29 is 14.3 Å². The first-order valence-corrected chi connectivity index (χ1v) is 12.5. The number of anilines is 2. The van der Waals surface area contributed by atoms with E-state index in [1.165, 1.54) is 16.9 Å². The standard InChI is InChI=1S/C24H26N4O3S2/c1-15-8-9-18(12-16(15)2)28-14-17(13-21(28)29)23-26-27-24(33-23)25-22(30)19-6-4-5-7-20(19)32-11-10-31-3/h4-9,12,17H,10-11,13-14H2,1-3H3,(H,25,27,30)/t17-/m0/s1. The number of nitrogens with one attached hydrogen (secondary N) is 1. The first-order valence-electron chi connectivity index (χ1n) is 10.7. The van der Waals surface area contributed by atoms with E-state index in [-0.39, 0.29) is 17.7 Å². The zero-order chi connectivity index (χ0) is 23.4. The third kappa shape index (κ3) is 5.43. The first kappa shape index (κ1) is 23.4. The fraction of sp³-hybridized carbons (Fsp3) is 0.333. The highest BCUT2D eigenvalue weighted by molar-refractivity contribution is 7.99. The second-order valence-electron chi connectivity index (χ2n) is 7.91. The van der Waals surface area contributed by atoms with Crippen LogP contribution in [0.25, 0.3) is 0 Å². The van der Waals surface area contributed by atoms with Gasteiger partial charge in [0.1, 0.15) is 5.01 Å². The molecule has 0 radical (unpaired) electrons. The van der Waals surface area contributed by atoms with Gasteiger partial charge in [0.25, 0.3) is 5.91 Å². The van der Waals surface area contributed by atoms with Crippen molar-refractivity contribution in [3.8, 4) is 0 Å². The van der Waals surface area contributed by atoms with Crippen LogP contribution in [0.3, 0.4) is 0 Å². The molecule has 2 amide bonds. The lowest BCUT2D eigenvalue weighted by Crippen LogP contribution is -2.24. The molecule has 1 saturated heterocycles. The van der Waals surface area contributed by atoms with Crippen LogP contribution in [0.4, 0.5) is 10.8 Å². The van der Waals surface area contributed by atoms with Crippen molar-refractivity contribution in [3.63, 3.8) is 0 Å². The van der Waals surface area contributed by atoms with Crippen LogP contribution in [0.2, 0.25) is 0 Å². The number of ether oxygens (including phenoxy) is 1. The lowest BCUT2D eigenvalue weighted by Gasteiger charge is -2.17. The molecule has 9 heteroatoms. The number of nitrogens with zero attached hydrogens (tertiary/aromatic N) is 3. The predicted octanol–water partition coefficient (Wildman–Crippen LogP) is 4.67. The molecule has 1 aliphatic heterocycles. The highest BCUT2D eigenvalue weighted by Crippen LogP contribution is 2.35. The summed E-state index contributed by atoms with van der Waals surface area (Å²) < 4.78 is 5.10. The van der Waals surface area contributed by atoms with E-state index in [1.807, 2.05) is 48.2 Å². The van der Waals surface area contributed by atoms with E-state index >= 15 is 0 Å². The fourth-order valence-electron chi connectivity index (χ4n) is 3.65. The maximum atomic E-state index is 12.9. The van der Waals surface area contributed by atoms with Crippen LogP contribution in [0.15, 0.2) is 47.4 Å². The lowest BCUT2D eigenvalue weighted by molar-refractivity contribution is -0.117. The van der Waals surface area contributed by atoms with E-state index < -0.39 is 0 Å². The number of benzene rings is 2. The second-order valence-corrected chi connectivity index (χ2v) is 10.1. The van der Waals surface area contributed by atoms with E-state index in [9.17, 15) is 9.59 Å². The van der Waals surface area contributed by atoms with Gasteiger partial charge in [-0.3, -0.25) is 14.9 Å². The maximum Gasteiger partial charge on any atom is 0.258 e. The van der Waals surface area contributed by atoms with Crippen molar-refractivity contribution in [2.75, 3.05) is 36.2 Å². The van der Waals surface area contributed by atoms with Crippen LogP contribution in [-0.4, -0.2) is 48.0 Å². The number of thioether (sulfide) groups is 1. The monoisotopic (exact) mass is 482 g/mol. The summed E-state index contributed by atoms with van der Waals surface area (Å²) in [6.45, 7) is 5.27. The lowest BCUT2D eigenvalue weighted by atomic mass is 10.1. The highest BCUT2D eigenvalue weighted by atomic mass is 32.2. The molecule has 0 bridgehead atoms. The maximum absolute atomic E-state index is 12.9. The van der Waals surface area contributed by atoms with Crippen LogP contribution in [0.5, 0.6) is 0 Å². The molecule has 1 aromatic heterocycles. The molecule has 1 N–H and O–H groups in total. The van der Waals surface area contributed by atoms with Gasteiger partial charge < -0.3 is 9.64 Å². The van der Waals surface area contributed by atoms with Crippen LogP contribution in [0, 0.1) is 13.8 Å². The Balaban J connectivity index is 1.43. The summed E-state index contributed by atoms with van der Waals surface area (Å²) in [6, 6.07) is 13.5. The average molecular weight is 483 g/mol. The Hall–Kier alpha value is -2.75. The van der Waals surface area contributed by atoms with E-state index in [4.69, 9.17) is 4.74 Å². The van der Waals surface area contributed by atoms with Crippen LogP contribution in [0.1, 0.15) is 38.8 Å². The molecular weight excluding hydrogens is 456 g/mol. The minimum atomic E-state index is -0.225. The van der Waals surface area contributed by atoms with Crippen LogP contribution >= 0.6 is 23.1 Å². The van der Waals surface area contributed by atoms with Gasteiger partial charge in [0.2, 0.25) is 11.0 Å². The Morgan fingerprint density at radius 1 is 1.21 bits per heavy atom. The smallest absolute Gasteiger partial charge is 0.258 e. The number of hydrogen-bond donors (Lipinski definition) is 1. The Morgan fingerprint density at radius 3 is 2.82 bits per heavy atom. The van der Waals surface area contributed by atoms with Crippen LogP contribution < -0.4 is 10.2 Å². The number of carbonyl (C=O) groups is 2. The third-order valence-electron chi connectivity index (χ3n) is 5.61. The highest BCUT2D eigenvalue weighted by Gasteiger charge is 2.34. The zero-order valence-corrected chi connectivity index (χ0v) is 20.5. The van der Waals surface area contributed by atoms with Gasteiger partial charge in [-0.2, -0.15) is 0 Å². The molecule has 1 aliphatic rings. The van der Waals surface area contributed by atoms with Gasteiger partial charge in [-0.05, 0) is 49.2 Å². The van der Waals surface area contributed by atoms with E-state index in [1.54, 1.807) is 24.9 Å². The third-order valence-corrected chi connectivity index (χ3v) is 7.65. The molecule has 3 aromatic rings. The normalized spacial score (nSPS) is 15.8. The summed E-state index contributed by atoms with van der Waals surface area (Å²) in [7, 11) is 1.66. The van der Waals surface area contributed by atoms with Crippen molar-refractivity contribution >= 4 is 45.7 Å². The number of rotatable bonds is 8. The molecule has 1 fully saturated rings. The van der Waals surface area contributed by atoms with Gasteiger partial charge in [-0.15, -0.1) is 22.0 Å². The zero-order valence-electron chi connectivity index (χ0n) is 18.8. The van der Waals surface area contributed by atoms with E-state index in [0.29, 0.717) is 30.3 Å². The molecule has 0 spiro atoms. The summed E-state index contributed by atoms with van der Waals surface area (Å²) in [5.41, 5.74) is 3.86. The number of carbonyl (C=O) groups excluding carboxylic acids is 2. The molecule has 0 aliphatic carbocycles. The number of hydrogen-bond acceptors (Lipinski definition) is 7. The second kappa shape index (κ2) is 10.5. The molecule has 1 atom stereocenters. The number of aromatic nitrogens is 2. The summed E-state index contributed by atoms with van der Waals surface area (Å²) in [5, 5.41) is 12.5. The topological polar surface area (TPSA) is 84.4 Å². The van der Waals surface area contributed by atoms with Crippen molar-refractivity contribution in [2.24, 2.45) is 0 Å². The van der Waals surface area contributed by atoms with Gasteiger partial charge >= 0.3 is 0 Å². The molecule has 2 aromatic carbocycles. The summed E-state index contributed by atoms with van der Waals surface area (Å²) in [6.07, 6.45) is 0.383. The Labute approximate surface area is 201 Å². The molecule has 33 heavy (non-hydrogen) atoms. The Kier molecular flexibility index (Phi) is 7.42. The first-order chi connectivity index (χ1) is 16.0.